The Morgan fingerprint density at radius 1 is 1.10 bits per heavy atom. The van der Waals surface area contributed by atoms with E-state index in [9.17, 15) is 8.42 Å². The maximum atomic E-state index is 12.7. The number of aryl methyl sites for hydroxylation is 1. The van der Waals surface area contributed by atoms with Crippen LogP contribution in [0.15, 0.2) is 57.9 Å². The topological polar surface area (TPSA) is 37.4 Å². The van der Waals surface area contributed by atoms with E-state index in [0.717, 1.165) is 10.0 Å². The highest BCUT2D eigenvalue weighted by Gasteiger charge is 2.23. The van der Waals surface area contributed by atoms with Gasteiger partial charge in [-0.05, 0) is 49.7 Å². The summed E-state index contributed by atoms with van der Waals surface area (Å²) in [6.07, 6.45) is 0. The number of hydrogen-bond acceptors (Lipinski definition) is 2. The number of halogens is 1. The van der Waals surface area contributed by atoms with Gasteiger partial charge in [-0.25, -0.2) is 8.42 Å². The van der Waals surface area contributed by atoms with Crippen molar-refractivity contribution < 1.29 is 8.42 Å². The molecule has 0 radical (unpaired) electrons. The minimum Gasteiger partial charge on any atom is -0.267 e. The fourth-order valence-electron chi connectivity index (χ4n) is 2.00. The second-order valence-electron chi connectivity index (χ2n) is 4.42. The Morgan fingerprint density at radius 3 is 2.30 bits per heavy atom. The molecule has 0 aromatic heterocycles. The molecule has 0 aliphatic carbocycles. The van der Waals surface area contributed by atoms with Crippen LogP contribution in [-0.2, 0) is 10.0 Å². The first-order valence-electron chi connectivity index (χ1n) is 6.30. The lowest BCUT2D eigenvalue weighted by atomic mass is 10.2. The third-order valence-electron chi connectivity index (χ3n) is 3.05. The van der Waals surface area contributed by atoms with Crippen LogP contribution in [0, 0.1) is 6.92 Å². The summed E-state index contributed by atoms with van der Waals surface area (Å²) < 4.78 is 27.7. The predicted molar refractivity (Wildman–Crippen MR) is 85.5 cm³/mol. The van der Waals surface area contributed by atoms with Crippen LogP contribution < -0.4 is 4.31 Å². The average molecular weight is 354 g/mol. The highest BCUT2D eigenvalue weighted by Crippen LogP contribution is 2.27. The minimum absolute atomic E-state index is 0.308. The smallest absolute Gasteiger partial charge is 0.264 e. The Labute approximate surface area is 128 Å². The molecular weight excluding hydrogens is 338 g/mol. The molecule has 106 valence electrons. The quantitative estimate of drug-likeness (QED) is 0.833. The Balaban J connectivity index is 2.49. The third-order valence-corrected chi connectivity index (χ3v) is 5.85. The molecule has 0 amide bonds. The molecule has 0 saturated carbocycles. The van der Waals surface area contributed by atoms with Gasteiger partial charge in [-0.3, -0.25) is 4.31 Å². The third kappa shape index (κ3) is 2.88. The molecule has 3 nitrogen and oxygen atoms in total. The standard InChI is InChI=1S/C15H16BrNO2S/c1-3-17(13-9-10-15(16)12(2)11-13)20(18,19)14-7-5-4-6-8-14/h4-11H,3H2,1-2H3. The Morgan fingerprint density at radius 2 is 1.75 bits per heavy atom. The molecule has 0 spiro atoms. The van der Waals surface area contributed by atoms with E-state index < -0.39 is 10.0 Å². The maximum absolute atomic E-state index is 12.7. The van der Waals surface area contributed by atoms with Crippen molar-refractivity contribution in [1.82, 2.24) is 0 Å². The van der Waals surface area contributed by atoms with Crippen LogP contribution in [0.4, 0.5) is 5.69 Å². The Bertz CT molecular complexity index is 699. The van der Waals surface area contributed by atoms with Gasteiger partial charge in [0.05, 0.1) is 10.6 Å². The molecule has 20 heavy (non-hydrogen) atoms. The summed E-state index contributed by atoms with van der Waals surface area (Å²) in [4.78, 5) is 0.308. The highest BCUT2D eigenvalue weighted by molar-refractivity contribution is 9.10. The maximum Gasteiger partial charge on any atom is 0.264 e. The van der Waals surface area contributed by atoms with Crippen molar-refractivity contribution in [2.75, 3.05) is 10.8 Å². The average Bonchev–Trinajstić information content (AvgIpc) is 2.44. The first-order valence-corrected chi connectivity index (χ1v) is 8.54. The van der Waals surface area contributed by atoms with E-state index >= 15 is 0 Å². The van der Waals surface area contributed by atoms with Crippen molar-refractivity contribution in [2.24, 2.45) is 0 Å². The van der Waals surface area contributed by atoms with Crippen LogP contribution in [-0.4, -0.2) is 15.0 Å². The molecule has 0 N–H and O–H groups in total. The molecule has 0 aliphatic heterocycles. The predicted octanol–water partition coefficient (Wildman–Crippen LogP) is 3.97. The molecule has 0 heterocycles. The van der Waals surface area contributed by atoms with Crippen LogP contribution >= 0.6 is 15.9 Å². The minimum atomic E-state index is -3.52. The zero-order valence-electron chi connectivity index (χ0n) is 11.4. The van der Waals surface area contributed by atoms with Crippen LogP contribution in [0.3, 0.4) is 0 Å². The second kappa shape index (κ2) is 5.97. The number of hydrogen-bond donors (Lipinski definition) is 0. The summed E-state index contributed by atoms with van der Waals surface area (Å²) in [6, 6.07) is 14.0. The van der Waals surface area contributed by atoms with Gasteiger partial charge < -0.3 is 0 Å². The van der Waals surface area contributed by atoms with E-state index in [1.165, 1.54) is 4.31 Å². The monoisotopic (exact) mass is 353 g/mol. The van der Waals surface area contributed by atoms with E-state index in [0.29, 0.717) is 17.1 Å². The first-order chi connectivity index (χ1) is 9.46. The van der Waals surface area contributed by atoms with Gasteiger partial charge in [-0.1, -0.05) is 34.1 Å². The number of nitrogens with zero attached hydrogens (tertiary/aromatic N) is 1. The normalized spacial score (nSPS) is 11.3. The summed E-state index contributed by atoms with van der Waals surface area (Å²) in [6.45, 7) is 4.16. The Hall–Kier alpha value is -1.33. The van der Waals surface area contributed by atoms with Crippen molar-refractivity contribution in [1.29, 1.82) is 0 Å². The fraction of sp³-hybridized carbons (Fsp3) is 0.200. The molecule has 0 aliphatic rings. The second-order valence-corrected chi connectivity index (χ2v) is 7.13. The van der Waals surface area contributed by atoms with Crippen LogP contribution in [0.25, 0.3) is 0 Å². The van der Waals surface area contributed by atoms with E-state index in [1.807, 2.05) is 26.0 Å². The lowest BCUT2D eigenvalue weighted by Gasteiger charge is -2.23. The van der Waals surface area contributed by atoms with E-state index in [-0.39, 0.29) is 0 Å². The summed E-state index contributed by atoms with van der Waals surface area (Å²) in [5.74, 6) is 0. The SMILES string of the molecule is CCN(c1ccc(Br)c(C)c1)S(=O)(=O)c1ccccc1. The molecule has 0 saturated heterocycles. The molecule has 0 bridgehead atoms. The zero-order chi connectivity index (χ0) is 14.8. The van der Waals surface area contributed by atoms with Gasteiger partial charge in [0.25, 0.3) is 10.0 Å². The molecule has 0 fully saturated rings. The summed E-state index contributed by atoms with van der Waals surface area (Å²) in [5, 5.41) is 0. The van der Waals surface area contributed by atoms with Crippen molar-refractivity contribution in [3.63, 3.8) is 0 Å². The molecule has 2 aromatic rings. The largest absolute Gasteiger partial charge is 0.267 e. The number of anilines is 1. The lowest BCUT2D eigenvalue weighted by Crippen LogP contribution is -2.30. The van der Waals surface area contributed by atoms with Crippen LogP contribution in [0.5, 0.6) is 0 Å². The highest BCUT2D eigenvalue weighted by atomic mass is 79.9. The van der Waals surface area contributed by atoms with Gasteiger partial charge in [0.1, 0.15) is 0 Å². The van der Waals surface area contributed by atoms with Crippen molar-refractivity contribution in [3.05, 3.63) is 58.6 Å². The van der Waals surface area contributed by atoms with E-state index in [1.54, 1.807) is 36.4 Å². The number of benzene rings is 2. The Kier molecular flexibility index (Phi) is 4.50. The van der Waals surface area contributed by atoms with Crippen molar-refractivity contribution >= 4 is 31.6 Å². The molecule has 2 rings (SSSR count). The van der Waals surface area contributed by atoms with E-state index in [4.69, 9.17) is 0 Å². The molecule has 2 aromatic carbocycles. The van der Waals surface area contributed by atoms with Crippen LogP contribution in [0.1, 0.15) is 12.5 Å². The molecule has 0 atom stereocenters. The van der Waals surface area contributed by atoms with E-state index in [2.05, 4.69) is 15.9 Å². The van der Waals surface area contributed by atoms with Gasteiger partial charge in [-0.15, -0.1) is 0 Å². The van der Waals surface area contributed by atoms with Crippen molar-refractivity contribution in [2.45, 2.75) is 18.7 Å². The first kappa shape index (κ1) is 15.1. The molecule has 0 unspecified atom stereocenters. The summed E-state index contributed by atoms with van der Waals surface area (Å²) in [7, 11) is -3.52. The van der Waals surface area contributed by atoms with Gasteiger partial charge >= 0.3 is 0 Å². The molecule has 5 heteroatoms. The zero-order valence-corrected chi connectivity index (χ0v) is 13.8. The number of sulfonamides is 1. The van der Waals surface area contributed by atoms with Gasteiger partial charge in [-0.2, -0.15) is 0 Å². The number of rotatable bonds is 4. The summed E-state index contributed by atoms with van der Waals surface area (Å²) in [5.41, 5.74) is 1.68. The summed E-state index contributed by atoms with van der Waals surface area (Å²) >= 11 is 3.43. The fourth-order valence-corrected chi connectivity index (χ4v) is 3.73. The van der Waals surface area contributed by atoms with Crippen LogP contribution in [0.2, 0.25) is 0 Å². The lowest BCUT2D eigenvalue weighted by molar-refractivity contribution is 0.592. The van der Waals surface area contributed by atoms with Gasteiger partial charge in [0.2, 0.25) is 0 Å². The van der Waals surface area contributed by atoms with Crippen molar-refractivity contribution in [3.8, 4) is 0 Å². The van der Waals surface area contributed by atoms with Gasteiger partial charge in [0, 0.05) is 11.0 Å². The molecular formula is C15H16BrNO2S. The van der Waals surface area contributed by atoms with Gasteiger partial charge in [0.15, 0.2) is 0 Å².